The molecule has 17 heavy (non-hydrogen) atoms. The van der Waals surface area contributed by atoms with Crippen molar-refractivity contribution in [1.29, 1.82) is 0 Å². The van der Waals surface area contributed by atoms with Gasteiger partial charge in [-0.05, 0) is 54.9 Å². The molecule has 1 unspecified atom stereocenters. The molecule has 2 heteroatoms. The summed E-state index contributed by atoms with van der Waals surface area (Å²) in [6, 6.07) is 4.45. The Bertz CT molecular complexity index is 371. The normalized spacial score (nSPS) is 12.9. The topological polar surface area (TPSA) is 9.23 Å². The summed E-state index contributed by atoms with van der Waals surface area (Å²) in [4.78, 5) is 0. The molecule has 0 radical (unpaired) electrons. The van der Waals surface area contributed by atoms with E-state index in [2.05, 4.69) is 55.8 Å². The van der Waals surface area contributed by atoms with Crippen molar-refractivity contribution in [2.45, 2.75) is 40.0 Å². The quantitative estimate of drug-likeness (QED) is 0.707. The molecular weight excluding hydrogens is 276 g/mol. The number of hydrogen-bond donors (Lipinski definition) is 0. The van der Waals surface area contributed by atoms with Crippen LogP contribution in [0.4, 0.5) is 0 Å². The predicted molar refractivity (Wildman–Crippen MR) is 78.5 cm³/mol. The summed E-state index contributed by atoms with van der Waals surface area (Å²) in [6.07, 6.45) is 1.15. The third-order valence-corrected chi connectivity index (χ3v) is 3.93. The number of methoxy groups -OCH3 is 1. The number of benzene rings is 1. The van der Waals surface area contributed by atoms with E-state index in [-0.39, 0.29) is 0 Å². The molecule has 1 aromatic carbocycles. The first kappa shape index (κ1) is 14.6. The molecule has 0 saturated carbocycles. The molecule has 0 N–H and O–H groups in total. The van der Waals surface area contributed by atoms with Crippen LogP contribution >= 0.6 is 15.9 Å². The first-order valence-electron chi connectivity index (χ1n) is 6.22. The average Bonchev–Trinajstić information content (AvgIpc) is 2.29. The van der Waals surface area contributed by atoms with Crippen molar-refractivity contribution in [2.75, 3.05) is 12.4 Å². The zero-order valence-corrected chi connectivity index (χ0v) is 13.1. The molecule has 1 nitrogen and oxygen atoms in total. The van der Waals surface area contributed by atoms with Crippen molar-refractivity contribution in [3.8, 4) is 5.75 Å². The molecule has 1 rings (SSSR count). The van der Waals surface area contributed by atoms with Crippen LogP contribution < -0.4 is 4.74 Å². The van der Waals surface area contributed by atoms with Crippen molar-refractivity contribution < 1.29 is 4.74 Å². The van der Waals surface area contributed by atoms with E-state index >= 15 is 0 Å². The molecule has 0 spiro atoms. The number of alkyl halides is 1. The van der Waals surface area contributed by atoms with E-state index in [1.165, 1.54) is 16.7 Å². The van der Waals surface area contributed by atoms with Gasteiger partial charge in [0.15, 0.2) is 0 Å². The Kier molecular flexibility index (Phi) is 5.51. The van der Waals surface area contributed by atoms with Crippen LogP contribution in [0, 0.1) is 19.8 Å². The minimum atomic E-state index is 0.559. The van der Waals surface area contributed by atoms with Crippen molar-refractivity contribution in [1.82, 2.24) is 0 Å². The molecule has 0 saturated heterocycles. The molecule has 0 heterocycles. The first-order chi connectivity index (χ1) is 8.01. The van der Waals surface area contributed by atoms with Gasteiger partial charge in [0.05, 0.1) is 7.11 Å². The van der Waals surface area contributed by atoms with Crippen molar-refractivity contribution in [3.05, 3.63) is 28.8 Å². The maximum atomic E-state index is 5.54. The molecule has 0 aliphatic carbocycles. The zero-order valence-electron chi connectivity index (χ0n) is 11.5. The van der Waals surface area contributed by atoms with Crippen LogP contribution in [0.15, 0.2) is 12.1 Å². The first-order valence-corrected chi connectivity index (χ1v) is 7.34. The molecule has 0 aliphatic heterocycles. The highest BCUT2D eigenvalue weighted by Crippen LogP contribution is 2.36. The Morgan fingerprint density at radius 2 is 1.76 bits per heavy atom. The third kappa shape index (κ3) is 3.48. The summed E-state index contributed by atoms with van der Waals surface area (Å²) in [5.41, 5.74) is 4.00. The van der Waals surface area contributed by atoms with Crippen molar-refractivity contribution in [2.24, 2.45) is 5.92 Å². The van der Waals surface area contributed by atoms with E-state index < -0.39 is 0 Å². The number of aryl methyl sites for hydroxylation is 2. The van der Waals surface area contributed by atoms with Gasteiger partial charge in [-0.3, -0.25) is 0 Å². The maximum absolute atomic E-state index is 5.54. The highest BCUT2D eigenvalue weighted by atomic mass is 79.9. The molecule has 1 atom stereocenters. The molecular formula is C15H23BrO. The highest BCUT2D eigenvalue weighted by molar-refractivity contribution is 9.09. The van der Waals surface area contributed by atoms with Gasteiger partial charge < -0.3 is 4.74 Å². The molecule has 0 bridgehead atoms. The third-order valence-electron chi connectivity index (χ3n) is 3.47. The zero-order chi connectivity index (χ0) is 13.0. The summed E-state index contributed by atoms with van der Waals surface area (Å²) in [5, 5.41) is 1.03. The van der Waals surface area contributed by atoms with E-state index in [4.69, 9.17) is 4.74 Å². The Labute approximate surface area is 114 Å². The summed E-state index contributed by atoms with van der Waals surface area (Å²) in [6.45, 7) is 8.87. The van der Waals surface area contributed by atoms with Crippen LogP contribution in [0.2, 0.25) is 0 Å². The Hall–Kier alpha value is -0.500. The Morgan fingerprint density at radius 3 is 2.24 bits per heavy atom. The van der Waals surface area contributed by atoms with Crippen LogP contribution in [0.25, 0.3) is 0 Å². The lowest BCUT2D eigenvalue weighted by atomic mass is 9.84. The van der Waals surface area contributed by atoms with E-state index in [1.54, 1.807) is 7.11 Å². The minimum absolute atomic E-state index is 0.559. The lowest BCUT2D eigenvalue weighted by Crippen LogP contribution is -2.10. The van der Waals surface area contributed by atoms with E-state index in [0.717, 1.165) is 17.5 Å². The molecule has 0 aromatic heterocycles. The summed E-state index contributed by atoms with van der Waals surface area (Å²) >= 11 is 3.55. The lowest BCUT2D eigenvalue weighted by molar-refractivity contribution is 0.392. The average molecular weight is 299 g/mol. The molecule has 1 aromatic rings. The molecule has 96 valence electrons. The van der Waals surface area contributed by atoms with E-state index in [9.17, 15) is 0 Å². The van der Waals surface area contributed by atoms with E-state index in [1.807, 2.05) is 0 Å². The lowest BCUT2D eigenvalue weighted by Gasteiger charge is -2.24. The SMILES string of the molecule is COc1cc(C)c(C)cc1C(CCBr)C(C)C. The Balaban J connectivity index is 3.21. The van der Waals surface area contributed by atoms with Crippen LogP contribution in [0.1, 0.15) is 42.9 Å². The standard InChI is InChI=1S/C15H23BrO/c1-10(2)13(6-7-16)14-8-11(3)12(4)9-15(14)17-5/h8-10,13H,6-7H2,1-5H3. The fourth-order valence-corrected chi connectivity index (χ4v) is 2.74. The fourth-order valence-electron chi connectivity index (χ4n) is 2.24. The summed E-state index contributed by atoms with van der Waals surface area (Å²) < 4.78 is 5.54. The summed E-state index contributed by atoms with van der Waals surface area (Å²) in [7, 11) is 1.76. The summed E-state index contributed by atoms with van der Waals surface area (Å²) in [5.74, 6) is 2.22. The van der Waals surface area contributed by atoms with Gasteiger partial charge in [0.25, 0.3) is 0 Å². The van der Waals surface area contributed by atoms with Crippen LogP contribution in [-0.4, -0.2) is 12.4 Å². The van der Waals surface area contributed by atoms with Gasteiger partial charge >= 0.3 is 0 Å². The number of rotatable bonds is 5. The van der Waals surface area contributed by atoms with Crippen LogP contribution in [0.3, 0.4) is 0 Å². The van der Waals surface area contributed by atoms with E-state index in [0.29, 0.717) is 11.8 Å². The second-order valence-corrected chi connectivity index (χ2v) is 5.80. The maximum Gasteiger partial charge on any atom is 0.122 e. The smallest absolute Gasteiger partial charge is 0.122 e. The van der Waals surface area contributed by atoms with Crippen LogP contribution in [-0.2, 0) is 0 Å². The van der Waals surface area contributed by atoms with Gasteiger partial charge in [-0.2, -0.15) is 0 Å². The van der Waals surface area contributed by atoms with Gasteiger partial charge in [0.1, 0.15) is 5.75 Å². The van der Waals surface area contributed by atoms with Crippen molar-refractivity contribution >= 4 is 15.9 Å². The predicted octanol–water partition coefficient (Wildman–Crippen LogP) is 4.84. The second kappa shape index (κ2) is 6.44. The minimum Gasteiger partial charge on any atom is -0.496 e. The van der Waals surface area contributed by atoms with Gasteiger partial charge in [0, 0.05) is 5.33 Å². The molecule has 0 aliphatic rings. The monoisotopic (exact) mass is 298 g/mol. The van der Waals surface area contributed by atoms with Gasteiger partial charge in [-0.1, -0.05) is 35.8 Å². The Morgan fingerprint density at radius 1 is 1.18 bits per heavy atom. The fraction of sp³-hybridized carbons (Fsp3) is 0.600. The largest absolute Gasteiger partial charge is 0.496 e. The highest BCUT2D eigenvalue weighted by Gasteiger charge is 2.19. The van der Waals surface area contributed by atoms with Gasteiger partial charge in [-0.25, -0.2) is 0 Å². The number of hydrogen-bond acceptors (Lipinski definition) is 1. The van der Waals surface area contributed by atoms with Gasteiger partial charge in [-0.15, -0.1) is 0 Å². The van der Waals surface area contributed by atoms with Crippen LogP contribution in [0.5, 0.6) is 5.75 Å². The number of halogens is 1. The number of ether oxygens (including phenoxy) is 1. The van der Waals surface area contributed by atoms with Crippen molar-refractivity contribution in [3.63, 3.8) is 0 Å². The second-order valence-electron chi connectivity index (χ2n) is 5.01. The molecule has 0 fully saturated rings. The molecule has 0 amide bonds. The van der Waals surface area contributed by atoms with Gasteiger partial charge in [0.2, 0.25) is 0 Å².